The summed E-state index contributed by atoms with van der Waals surface area (Å²) in [5, 5.41) is 10.6. The molecule has 4 heteroatoms. The summed E-state index contributed by atoms with van der Waals surface area (Å²) >= 11 is 0. The third-order valence-corrected chi connectivity index (χ3v) is 7.90. The van der Waals surface area contributed by atoms with E-state index in [2.05, 4.69) is 49.5 Å². The highest BCUT2D eigenvalue weighted by molar-refractivity contribution is 5.77. The van der Waals surface area contributed by atoms with Crippen LogP contribution >= 0.6 is 0 Å². The lowest BCUT2D eigenvalue weighted by Gasteiger charge is -2.40. The van der Waals surface area contributed by atoms with Crippen molar-refractivity contribution in [3.63, 3.8) is 0 Å². The zero-order valence-corrected chi connectivity index (χ0v) is 21.0. The molecule has 0 amide bonds. The lowest BCUT2D eigenvalue weighted by molar-refractivity contribution is 0.292. The van der Waals surface area contributed by atoms with Gasteiger partial charge in [0, 0.05) is 23.5 Å². The van der Waals surface area contributed by atoms with Gasteiger partial charge in [0.1, 0.15) is 5.76 Å². The van der Waals surface area contributed by atoms with Crippen molar-refractivity contribution in [2.75, 3.05) is 6.61 Å². The van der Waals surface area contributed by atoms with Crippen LogP contribution in [0.15, 0.2) is 88.8 Å². The highest BCUT2D eigenvalue weighted by Gasteiger charge is 2.39. The molecule has 184 valence electrons. The molecule has 1 heterocycles. The third-order valence-electron chi connectivity index (χ3n) is 7.90. The Morgan fingerprint density at radius 3 is 2.83 bits per heavy atom. The zero-order valence-electron chi connectivity index (χ0n) is 21.0. The first-order valence-corrected chi connectivity index (χ1v) is 13.6. The summed E-state index contributed by atoms with van der Waals surface area (Å²) in [6.45, 7) is 2.86. The molecule has 0 saturated carbocycles. The van der Waals surface area contributed by atoms with Crippen LogP contribution in [0.25, 0.3) is 11.1 Å². The summed E-state index contributed by atoms with van der Waals surface area (Å²) in [6, 6.07) is 2.00. The van der Waals surface area contributed by atoms with E-state index in [1.807, 2.05) is 12.1 Å². The number of nitrogens with zero attached hydrogens (tertiary/aromatic N) is 2. The molecule has 1 N–H and O–H groups in total. The first-order valence-electron chi connectivity index (χ1n) is 13.6. The topological polar surface area (TPSA) is 55.2 Å². The van der Waals surface area contributed by atoms with E-state index in [-0.39, 0.29) is 11.7 Å². The minimum atomic E-state index is 0.226. The standard InChI is InChI=1S/C32H34N2O2/c1-2-3-4-7-19-36-29-20-27(33-32(34-29)26-11-5-6-12-28(26)35)24-17-15-23-14-13-21-9-8-10-22-16-18-25(24)31(23)30(21)22/h6,10,12-18,20,25,31,35H,2-5,7-9,11,19H2,1H3. The maximum Gasteiger partial charge on any atom is 0.217 e. The summed E-state index contributed by atoms with van der Waals surface area (Å²) in [5.41, 5.74) is 8.61. The second kappa shape index (κ2) is 9.93. The molecule has 0 aliphatic heterocycles. The Balaban J connectivity index is 1.39. The van der Waals surface area contributed by atoms with Gasteiger partial charge < -0.3 is 9.84 Å². The molecule has 36 heavy (non-hydrogen) atoms. The number of ether oxygens (including phenoxy) is 1. The normalized spacial score (nSPS) is 23.9. The molecule has 0 radical (unpaired) electrons. The lowest BCUT2D eigenvalue weighted by atomic mass is 9.63. The lowest BCUT2D eigenvalue weighted by Crippen LogP contribution is -2.28. The summed E-state index contributed by atoms with van der Waals surface area (Å²) < 4.78 is 6.16. The molecule has 0 saturated heterocycles. The number of aliphatic hydroxyl groups excluding tert-OH is 1. The van der Waals surface area contributed by atoms with Crippen molar-refractivity contribution >= 4 is 11.1 Å². The van der Waals surface area contributed by atoms with E-state index in [1.54, 1.807) is 6.08 Å². The number of allylic oxidation sites excluding steroid dienone is 15. The van der Waals surface area contributed by atoms with E-state index in [1.165, 1.54) is 40.7 Å². The molecule has 0 bridgehead atoms. The van der Waals surface area contributed by atoms with E-state index in [0.29, 0.717) is 24.2 Å². The van der Waals surface area contributed by atoms with E-state index < -0.39 is 0 Å². The van der Waals surface area contributed by atoms with E-state index in [0.717, 1.165) is 49.8 Å². The van der Waals surface area contributed by atoms with Crippen LogP contribution in [0.3, 0.4) is 0 Å². The van der Waals surface area contributed by atoms with Gasteiger partial charge in [-0.3, -0.25) is 0 Å². The summed E-state index contributed by atoms with van der Waals surface area (Å²) in [4.78, 5) is 9.78. The molecule has 4 nitrogen and oxygen atoms in total. The fourth-order valence-electron chi connectivity index (χ4n) is 6.06. The van der Waals surface area contributed by atoms with Gasteiger partial charge in [-0.2, -0.15) is 4.98 Å². The number of aliphatic hydroxyl groups is 1. The molecule has 2 unspecified atom stereocenters. The van der Waals surface area contributed by atoms with E-state index in [9.17, 15) is 5.11 Å². The van der Waals surface area contributed by atoms with Gasteiger partial charge in [0.25, 0.3) is 0 Å². The van der Waals surface area contributed by atoms with Gasteiger partial charge in [0.15, 0.2) is 5.82 Å². The fourth-order valence-corrected chi connectivity index (χ4v) is 6.06. The first kappa shape index (κ1) is 23.0. The van der Waals surface area contributed by atoms with Gasteiger partial charge in [0.05, 0.1) is 12.3 Å². The molecular weight excluding hydrogens is 444 g/mol. The molecule has 2 atom stereocenters. The Kier molecular flexibility index (Phi) is 6.35. The van der Waals surface area contributed by atoms with Crippen LogP contribution in [-0.4, -0.2) is 21.7 Å². The van der Waals surface area contributed by atoms with Crippen molar-refractivity contribution in [2.24, 2.45) is 11.8 Å². The van der Waals surface area contributed by atoms with Crippen LogP contribution in [0.2, 0.25) is 0 Å². The number of hydrogen-bond acceptors (Lipinski definition) is 4. The quantitative estimate of drug-likeness (QED) is 0.388. The first-order chi connectivity index (χ1) is 17.7. The zero-order chi connectivity index (χ0) is 24.5. The molecule has 0 aromatic carbocycles. The molecule has 0 fully saturated rings. The largest absolute Gasteiger partial charge is 0.508 e. The number of hydrogen-bond donors (Lipinski definition) is 1. The van der Waals surface area contributed by atoms with Crippen molar-refractivity contribution in [3.8, 4) is 5.88 Å². The maximum absolute atomic E-state index is 10.6. The van der Waals surface area contributed by atoms with E-state index >= 15 is 0 Å². The van der Waals surface area contributed by atoms with Crippen molar-refractivity contribution < 1.29 is 9.84 Å². The molecular formula is C32H34N2O2. The Labute approximate surface area is 213 Å². The SMILES string of the molecule is CCCCCCOc1cc(C2=CC=C3C=CC4=C5C(=CCC4)C=CC2C35)nc(C2=C(O)C=CCC2)n1. The van der Waals surface area contributed by atoms with Crippen LogP contribution in [-0.2, 0) is 0 Å². The van der Waals surface area contributed by atoms with E-state index in [4.69, 9.17) is 14.7 Å². The van der Waals surface area contributed by atoms with Gasteiger partial charge in [-0.1, -0.05) is 74.8 Å². The second-order valence-electron chi connectivity index (χ2n) is 10.3. The molecule has 5 aliphatic rings. The van der Waals surface area contributed by atoms with Crippen LogP contribution in [0.4, 0.5) is 0 Å². The van der Waals surface area contributed by atoms with Crippen molar-refractivity contribution in [1.82, 2.24) is 9.97 Å². The predicted molar refractivity (Wildman–Crippen MR) is 145 cm³/mol. The van der Waals surface area contributed by atoms with Crippen LogP contribution < -0.4 is 4.74 Å². The smallest absolute Gasteiger partial charge is 0.217 e. The number of aromatic nitrogens is 2. The average molecular weight is 479 g/mol. The van der Waals surface area contributed by atoms with Crippen molar-refractivity contribution in [1.29, 1.82) is 0 Å². The summed E-state index contributed by atoms with van der Waals surface area (Å²) in [7, 11) is 0. The molecule has 1 aromatic heterocycles. The van der Waals surface area contributed by atoms with Gasteiger partial charge in [-0.05, 0) is 66.0 Å². The van der Waals surface area contributed by atoms with Crippen LogP contribution in [0.1, 0.15) is 69.8 Å². The number of rotatable bonds is 8. The minimum Gasteiger partial charge on any atom is -0.508 e. The van der Waals surface area contributed by atoms with Crippen LogP contribution in [0.5, 0.6) is 5.88 Å². The Morgan fingerprint density at radius 1 is 1.00 bits per heavy atom. The van der Waals surface area contributed by atoms with Crippen LogP contribution in [0, 0.1) is 11.8 Å². The van der Waals surface area contributed by atoms with Gasteiger partial charge in [0.2, 0.25) is 5.88 Å². The molecule has 5 aliphatic carbocycles. The highest BCUT2D eigenvalue weighted by Crippen LogP contribution is 2.51. The summed E-state index contributed by atoms with van der Waals surface area (Å²) in [5.74, 6) is 2.00. The van der Waals surface area contributed by atoms with Gasteiger partial charge in [-0.15, -0.1) is 0 Å². The van der Waals surface area contributed by atoms with Gasteiger partial charge in [-0.25, -0.2) is 4.98 Å². The molecule has 1 aromatic rings. The maximum atomic E-state index is 10.6. The average Bonchev–Trinajstić information content (AvgIpc) is 2.91. The Hall–Kier alpha value is -3.40. The monoisotopic (exact) mass is 478 g/mol. The Morgan fingerprint density at radius 2 is 1.94 bits per heavy atom. The van der Waals surface area contributed by atoms with Crippen molar-refractivity contribution in [2.45, 2.75) is 58.3 Å². The fraction of sp³-hybridized carbons (Fsp3) is 0.375. The second-order valence-corrected chi connectivity index (χ2v) is 10.3. The van der Waals surface area contributed by atoms with Crippen molar-refractivity contribution in [3.05, 3.63) is 100 Å². The third kappa shape index (κ3) is 4.23. The highest BCUT2D eigenvalue weighted by atomic mass is 16.5. The number of unbranched alkanes of at least 4 members (excludes halogenated alkanes) is 3. The Bertz CT molecular complexity index is 1320. The summed E-state index contributed by atoms with van der Waals surface area (Å²) in [6.07, 6.45) is 28.3. The molecule has 0 spiro atoms. The minimum absolute atomic E-state index is 0.226. The van der Waals surface area contributed by atoms with Gasteiger partial charge >= 0.3 is 0 Å². The predicted octanol–water partition coefficient (Wildman–Crippen LogP) is 7.77. The molecule has 6 rings (SSSR count).